The van der Waals surface area contributed by atoms with Crippen molar-refractivity contribution in [3.63, 3.8) is 0 Å². The molecule has 0 saturated carbocycles. The van der Waals surface area contributed by atoms with Crippen LogP contribution in [0.2, 0.25) is 0 Å². The minimum Gasteiger partial charge on any atom is -0.465 e. The highest BCUT2D eigenvalue weighted by Crippen LogP contribution is 2.31. The van der Waals surface area contributed by atoms with Gasteiger partial charge in [-0.2, -0.15) is 0 Å². The smallest absolute Gasteiger partial charge is 0.302 e. The number of esters is 2. The Hall–Kier alpha value is -1.36. The molecule has 0 aliphatic heterocycles. The minimum absolute atomic E-state index is 0.0151. The van der Waals surface area contributed by atoms with E-state index >= 15 is 0 Å². The Bertz CT molecular complexity index is 352. The molecule has 20 heavy (non-hydrogen) atoms. The molecule has 0 aromatic heterocycles. The van der Waals surface area contributed by atoms with Crippen LogP contribution in [0.15, 0.2) is 12.2 Å². The molecule has 0 bridgehead atoms. The van der Waals surface area contributed by atoms with E-state index in [0.717, 1.165) is 0 Å². The first-order valence-electron chi connectivity index (χ1n) is 6.82. The molecule has 1 aliphatic carbocycles. The van der Waals surface area contributed by atoms with Crippen molar-refractivity contribution in [1.29, 1.82) is 0 Å². The summed E-state index contributed by atoms with van der Waals surface area (Å²) in [6, 6.07) is 0. The van der Waals surface area contributed by atoms with Crippen molar-refractivity contribution >= 4 is 11.9 Å². The Balaban J connectivity index is 2.67. The third-order valence-electron chi connectivity index (χ3n) is 2.90. The first kappa shape index (κ1) is 16.7. The van der Waals surface area contributed by atoms with Crippen molar-refractivity contribution in [3.05, 3.63) is 12.2 Å². The third-order valence-corrected chi connectivity index (χ3v) is 2.90. The van der Waals surface area contributed by atoms with Crippen molar-refractivity contribution in [3.8, 4) is 0 Å². The summed E-state index contributed by atoms with van der Waals surface area (Å²) in [7, 11) is 0. The third kappa shape index (κ3) is 5.74. The molecule has 0 N–H and O–H groups in total. The number of carbonyl (C=O) groups is 2. The molecular weight excluding hydrogens is 260 g/mol. The summed E-state index contributed by atoms with van der Waals surface area (Å²) < 4.78 is 16.2. The van der Waals surface area contributed by atoms with Gasteiger partial charge in [0.05, 0.1) is 11.7 Å². The van der Waals surface area contributed by atoms with Gasteiger partial charge >= 0.3 is 11.9 Å². The summed E-state index contributed by atoms with van der Waals surface area (Å²) in [6.07, 6.45) is 3.77. The average molecular weight is 284 g/mol. The summed E-state index contributed by atoms with van der Waals surface area (Å²) in [5.41, 5.74) is -0.320. The molecule has 0 aromatic carbocycles. The van der Waals surface area contributed by atoms with Gasteiger partial charge < -0.3 is 14.2 Å². The van der Waals surface area contributed by atoms with E-state index < -0.39 is 0 Å². The van der Waals surface area contributed by atoms with Gasteiger partial charge in [0, 0.05) is 25.7 Å². The zero-order valence-electron chi connectivity index (χ0n) is 12.8. The zero-order chi connectivity index (χ0) is 15.3. The van der Waals surface area contributed by atoms with E-state index in [1.54, 1.807) is 0 Å². The minimum atomic E-state index is -0.320. The van der Waals surface area contributed by atoms with Gasteiger partial charge in [-0.1, -0.05) is 12.2 Å². The summed E-state index contributed by atoms with van der Waals surface area (Å²) in [5, 5.41) is 0. The summed E-state index contributed by atoms with van der Waals surface area (Å²) in [6.45, 7) is 9.24. The van der Waals surface area contributed by atoms with Crippen molar-refractivity contribution in [2.24, 2.45) is 11.8 Å². The largest absolute Gasteiger partial charge is 0.465 e. The lowest BCUT2D eigenvalue weighted by molar-refractivity contribution is -0.149. The first-order valence-corrected chi connectivity index (χ1v) is 6.82. The van der Waals surface area contributed by atoms with E-state index in [9.17, 15) is 9.59 Å². The Kier molecular flexibility index (Phi) is 5.74. The Morgan fingerprint density at radius 2 is 1.35 bits per heavy atom. The molecule has 1 rings (SSSR count). The van der Waals surface area contributed by atoms with Crippen LogP contribution in [0, 0.1) is 11.8 Å². The molecule has 0 heterocycles. The molecule has 3 atom stereocenters. The highest BCUT2D eigenvalue weighted by molar-refractivity contribution is 5.66. The molecule has 1 aliphatic rings. The van der Waals surface area contributed by atoms with E-state index in [2.05, 4.69) is 0 Å². The maximum Gasteiger partial charge on any atom is 0.302 e. The fourth-order valence-electron chi connectivity index (χ4n) is 2.13. The van der Waals surface area contributed by atoms with Gasteiger partial charge in [-0.25, -0.2) is 0 Å². The van der Waals surface area contributed by atoms with Crippen LogP contribution in [0.3, 0.4) is 0 Å². The highest BCUT2D eigenvalue weighted by Gasteiger charge is 2.36. The number of hydrogen-bond acceptors (Lipinski definition) is 5. The predicted molar refractivity (Wildman–Crippen MR) is 74.0 cm³/mol. The SMILES string of the molecule is CC(=O)OC[C@H]1C=C[C@@H](COC(C)=O)C1OC(C)(C)C. The molecule has 0 fully saturated rings. The second-order valence-electron chi connectivity index (χ2n) is 6.01. The van der Waals surface area contributed by atoms with E-state index in [1.807, 2.05) is 32.9 Å². The Labute approximate surface area is 120 Å². The van der Waals surface area contributed by atoms with Crippen molar-refractivity contribution in [1.82, 2.24) is 0 Å². The van der Waals surface area contributed by atoms with Crippen LogP contribution in [-0.2, 0) is 23.8 Å². The molecule has 0 saturated heterocycles. The van der Waals surface area contributed by atoms with Gasteiger partial charge in [0.25, 0.3) is 0 Å². The molecule has 0 amide bonds. The second kappa shape index (κ2) is 6.88. The predicted octanol–water partition coefficient (Wildman–Crippen LogP) is 2.10. The van der Waals surface area contributed by atoms with Gasteiger partial charge in [0.2, 0.25) is 0 Å². The molecule has 1 unspecified atom stereocenters. The summed E-state index contributed by atoms with van der Waals surface area (Å²) >= 11 is 0. The van der Waals surface area contributed by atoms with Crippen molar-refractivity contribution < 1.29 is 23.8 Å². The topological polar surface area (TPSA) is 61.8 Å². The molecule has 5 nitrogen and oxygen atoms in total. The van der Waals surface area contributed by atoms with Gasteiger partial charge in [-0.15, -0.1) is 0 Å². The van der Waals surface area contributed by atoms with E-state index in [1.165, 1.54) is 13.8 Å². The quantitative estimate of drug-likeness (QED) is 0.571. The first-order chi connectivity index (χ1) is 9.19. The number of hydrogen-bond donors (Lipinski definition) is 0. The van der Waals surface area contributed by atoms with E-state index in [4.69, 9.17) is 14.2 Å². The van der Waals surface area contributed by atoms with Crippen LogP contribution in [0.5, 0.6) is 0 Å². The molecule has 114 valence electrons. The second-order valence-corrected chi connectivity index (χ2v) is 6.01. The van der Waals surface area contributed by atoms with Crippen LogP contribution in [0.4, 0.5) is 0 Å². The number of carbonyl (C=O) groups excluding carboxylic acids is 2. The lowest BCUT2D eigenvalue weighted by atomic mass is 9.98. The van der Waals surface area contributed by atoms with Crippen LogP contribution < -0.4 is 0 Å². The van der Waals surface area contributed by atoms with Crippen LogP contribution >= 0.6 is 0 Å². The normalized spacial score (nSPS) is 25.6. The van der Waals surface area contributed by atoms with Crippen molar-refractivity contribution in [2.45, 2.75) is 46.3 Å². The molecule has 0 aromatic rings. The standard InChI is InChI=1S/C15H24O5/c1-10(16)18-8-12-6-7-13(9-19-11(2)17)14(12)20-15(3,4)5/h6-7,12-14H,8-9H2,1-5H3/t12-,13+,14?. The fourth-order valence-corrected chi connectivity index (χ4v) is 2.13. The molecule has 0 spiro atoms. The van der Waals surface area contributed by atoms with Crippen molar-refractivity contribution in [2.75, 3.05) is 13.2 Å². The van der Waals surface area contributed by atoms with Gasteiger partial charge in [0.1, 0.15) is 13.2 Å². The lowest BCUT2D eigenvalue weighted by Crippen LogP contribution is -2.38. The van der Waals surface area contributed by atoms with E-state index in [0.29, 0.717) is 0 Å². The maximum absolute atomic E-state index is 10.9. The van der Waals surface area contributed by atoms with Crippen LogP contribution in [0.25, 0.3) is 0 Å². The highest BCUT2D eigenvalue weighted by atomic mass is 16.5. The molecule has 5 heteroatoms. The Morgan fingerprint density at radius 1 is 0.950 bits per heavy atom. The Morgan fingerprint density at radius 3 is 1.65 bits per heavy atom. The van der Waals surface area contributed by atoms with Crippen LogP contribution in [-0.4, -0.2) is 36.9 Å². The summed E-state index contributed by atoms with van der Waals surface area (Å²) in [5.74, 6) is -0.648. The number of rotatable bonds is 5. The maximum atomic E-state index is 10.9. The van der Waals surface area contributed by atoms with E-state index in [-0.39, 0.29) is 48.7 Å². The fraction of sp³-hybridized carbons (Fsp3) is 0.733. The zero-order valence-corrected chi connectivity index (χ0v) is 12.8. The average Bonchev–Trinajstić information content (AvgIpc) is 2.64. The van der Waals surface area contributed by atoms with Crippen LogP contribution in [0.1, 0.15) is 34.6 Å². The number of ether oxygens (including phenoxy) is 3. The van der Waals surface area contributed by atoms with Gasteiger partial charge in [0.15, 0.2) is 0 Å². The lowest BCUT2D eigenvalue weighted by Gasteiger charge is -2.32. The molecule has 0 radical (unpaired) electrons. The van der Waals surface area contributed by atoms with Gasteiger partial charge in [-0.3, -0.25) is 9.59 Å². The summed E-state index contributed by atoms with van der Waals surface area (Å²) in [4.78, 5) is 21.9. The monoisotopic (exact) mass is 284 g/mol. The van der Waals surface area contributed by atoms with Gasteiger partial charge in [-0.05, 0) is 20.8 Å². The molecular formula is C15H24O5.